The Morgan fingerprint density at radius 3 is 2.91 bits per heavy atom. The third kappa shape index (κ3) is 5.07. The van der Waals surface area contributed by atoms with E-state index in [4.69, 9.17) is 4.74 Å². The number of hydrogen-bond donors (Lipinski definition) is 2. The molecule has 0 spiro atoms. The summed E-state index contributed by atoms with van der Waals surface area (Å²) in [6.07, 6.45) is 1.88. The Morgan fingerprint density at radius 2 is 2.18 bits per heavy atom. The number of fused-ring (bicyclic) bond motifs is 1. The zero-order chi connectivity index (χ0) is 23.6. The highest BCUT2D eigenvalue weighted by Crippen LogP contribution is 2.36. The Kier molecular flexibility index (Phi) is 7.06. The highest BCUT2D eigenvalue weighted by atomic mass is 32.2. The van der Waals surface area contributed by atoms with Crippen LogP contribution < -0.4 is 15.4 Å². The molecule has 2 atom stereocenters. The van der Waals surface area contributed by atoms with Gasteiger partial charge in [0.05, 0.1) is 16.5 Å². The zero-order valence-electron chi connectivity index (χ0n) is 18.8. The Hall–Kier alpha value is -2.43. The van der Waals surface area contributed by atoms with Crippen molar-refractivity contribution < 1.29 is 22.7 Å². The molecule has 0 aliphatic carbocycles. The SMILES string of the molecule is CC[C@H]1Oc2cc(S(=O)(=O)N3CCC[C@H](C(=O)NCCc4cccs4)C3)c(C)cc2NC1=O. The van der Waals surface area contributed by atoms with E-state index in [9.17, 15) is 18.0 Å². The van der Waals surface area contributed by atoms with Crippen molar-refractivity contribution in [3.8, 4) is 5.75 Å². The van der Waals surface area contributed by atoms with Crippen LogP contribution in [0.3, 0.4) is 0 Å². The van der Waals surface area contributed by atoms with E-state index in [-0.39, 0.29) is 29.2 Å². The third-order valence-electron chi connectivity index (χ3n) is 6.09. The summed E-state index contributed by atoms with van der Waals surface area (Å²) >= 11 is 1.65. The standard InChI is InChI=1S/C23H29N3O5S2/c1-3-19-23(28)25-18-12-15(2)21(13-20(18)31-19)33(29,30)26-10-4-6-16(14-26)22(27)24-9-8-17-7-5-11-32-17/h5,7,11-13,16,19H,3-4,6,8-10,14H2,1-2H3,(H,24,27)(H,25,28)/t16-,19+/m0/s1. The smallest absolute Gasteiger partial charge is 0.265 e. The summed E-state index contributed by atoms with van der Waals surface area (Å²) in [6, 6.07) is 7.14. The summed E-state index contributed by atoms with van der Waals surface area (Å²) < 4.78 is 34.1. The van der Waals surface area contributed by atoms with E-state index >= 15 is 0 Å². The van der Waals surface area contributed by atoms with Crippen LogP contribution in [0.25, 0.3) is 0 Å². The van der Waals surface area contributed by atoms with Crippen LogP contribution >= 0.6 is 11.3 Å². The fourth-order valence-electron chi connectivity index (χ4n) is 4.25. The minimum absolute atomic E-state index is 0.106. The first-order chi connectivity index (χ1) is 15.8. The normalized spacial score (nSPS) is 21.1. The van der Waals surface area contributed by atoms with Crippen LogP contribution in [0.5, 0.6) is 5.75 Å². The van der Waals surface area contributed by atoms with Gasteiger partial charge in [-0.3, -0.25) is 9.59 Å². The summed E-state index contributed by atoms with van der Waals surface area (Å²) in [6.45, 7) is 4.59. The van der Waals surface area contributed by atoms with Gasteiger partial charge in [0.15, 0.2) is 6.10 Å². The van der Waals surface area contributed by atoms with Crippen molar-refractivity contribution in [1.82, 2.24) is 9.62 Å². The van der Waals surface area contributed by atoms with Gasteiger partial charge in [-0.15, -0.1) is 11.3 Å². The number of nitrogens with zero attached hydrogens (tertiary/aromatic N) is 1. The van der Waals surface area contributed by atoms with Gasteiger partial charge in [0.25, 0.3) is 5.91 Å². The van der Waals surface area contributed by atoms with Crippen molar-refractivity contribution >= 4 is 38.9 Å². The maximum atomic E-state index is 13.5. The molecule has 0 radical (unpaired) electrons. The molecule has 33 heavy (non-hydrogen) atoms. The lowest BCUT2D eigenvalue weighted by molar-refractivity contribution is -0.126. The molecule has 1 aromatic carbocycles. The van der Waals surface area contributed by atoms with Crippen LogP contribution in [0, 0.1) is 12.8 Å². The minimum Gasteiger partial charge on any atom is -0.478 e. The summed E-state index contributed by atoms with van der Waals surface area (Å²) in [5, 5.41) is 7.75. The molecule has 0 bridgehead atoms. The van der Waals surface area contributed by atoms with Crippen molar-refractivity contribution in [2.45, 2.75) is 50.5 Å². The van der Waals surface area contributed by atoms with Gasteiger partial charge in [-0.1, -0.05) is 13.0 Å². The predicted octanol–water partition coefficient (Wildman–Crippen LogP) is 2.93. The second-order valence-electron chi connectivity index (χ2n) is 8.44. The van der Waals surface area contributed by atoms with E-state index in [0.717, 1.165) is 6.42 Å². The van der Waals surface area contributed by atoms with Crippen LogP contribution in [-0.2, 0) is 26.0 Å². The summed E-state index contributed by atoms with van der Waals surface area (Å²) in [4.78, 5) is 26.1. The molecule has 2 N–H and O–H groups in total. The molecule has 0 saturated carbocycles. The monoisotopic (exact) mass is 491 g/mol. The zero-order valence-corrected chi connectivity index (χ0v) is 20.4. The number of hydrogen-bond acceptors (Lipinski definition) is 6. The highest BCUT2D eigenvalue weighted by molar-refractivity contribution is 7.89. The van der Waals surface area contributed by atoms with Gasteiger partial charge < -0.3 is 15.4 Å². The van der Waals surface area contributed by atoms with Crippen LogP contribution in [-0.4, -0.2) is 50.3 Å². The number of anilines is 1. The summed E-state index contributed by atoms with van der Waals surface area (Å²) in [5.74, 6) is -0.366. The van der Waals surface area contributed by atoms with Gasteiger partial charge >= 0.3 is 0 Å². The average Bonchev–Trinajstić information content (AvgIpc) is 3.31. The first-order valence-corrected chi connectivity index (χ1v) is 13.5. The fraction of sp³-hybridized carbons (Fsp3) is 0.478. The highest BCUT2D eigenvalue weighted by Gasteiger charge is 2.35. The maximum Gasteiger partial charge on any atom is 0.265 e. The van der Waals surface area contributed by atoms with Crippen LogP contribution in [0.1, 0.15) is 36.6 Å². The maximum absolute atomic E-state index is 13.5. The molecule has 2 aliphatic rings. The van der Waals surface area contributed by atoms with E-state index in [1.165, 1.54) is 15.2 Å². The predicted molar refractivity (Wildman–Crippen MR) is 127 cm³/mol. The Labute approximate surface area is 198 Å². The lowest BCUT2D eigenvalue weighted by Gasteiger charge is -2.32. The third-order valence-corrected chi connectivity index (χ3v) is 9.03. The molecule has 1 saturated heterocycles. The quantitative estimate of drug-likeness (QED) is 0.620. The molecule has 4 rings (SSSR count). The number of piperidine rings is 1. The number of thiophene rings is 1. The van der Waals surface area contributed by atoms with Crippen molar-refractivity contribution in [2.24, 2.45) is 5.92 Å². The second kappa shape index (κ2) is 9.82. The Morgan fingerprint density at radius 1 is 1.36 bits per heavy atom. The van der Waals surface area contributed by atoms with E-state index in [1.807, 2.05) is 24.4 Å². The van der Waals surface area contributed by atoms with Crippen molar-refractivity contribution in [1.29, 1.82) is 0 Å². The second-order valence-corrected chi connectivity index (χ2v) is 11.4. The lowest BCUT2D eigenvalue weighted by Crippen LogP contribution is -2.45. The van der Waals surface area contributed by atoms with Gasteiger partial charge in [0.2, 0.25) is 15.9 Å². The lowest BCUT2D eigenvalue weighted by atomic mass is 9.99. The number of rotatable bonds is 7. The van der Waals surface area contributed by atoms with E-state index in [0.29, 0.717) is 49.4 Å². The molecule has 2 amide bonds. The van der Waals surface area contributed by atoms with Crippen LogP contribution in [0.4, 0.5) is 5.69 Å². The molecule has 3 heterocycles. The molecule has 2 aromatic rings. The molecule has 10 heteroatoms. The number of amides is 2. The van der Waals surface area contributed by atoms with Crippen molar-refractivity contribution in [3.05, 3.63) is 40.1 Å². The summed E-state index contributed by atoms with van der Waals surface area (Å²) in [7, 11) is -3.82. The number of carbonyl (C=O) groups is 2. The molecule has 2 aliphatic heterocycles. The van der Waals surface area contributed by atoms with Crippen molar-refractivity contribution in [2.75, 3.05) is 25.0 Å². The summed E-state index contributed by atoms with van der Waals surface area (Å²) in [5.41, 5.74) is 0.998. The van der Waals surface area contributed by atoms with E-state index < -0.39 is 16.1 Å². The van der Waals surface area contributed by atoms with Crippen LogP contribution in [0.15, 0.2) is 34.5 Å². The first kappa shape index (κ1) is 23.7. The number of benzene rings is 1. The molecule has 0 unspecified atom stereocenters. The first-order valence-electron chi connectivity index (χ1n) is 11.2. The number of carbonyl (C=O) groups excluding carboxylic acids is 2. The largest absolute Gasteiger partial charge is 0.478 e. The number of nitrogens with one attached hydrogen (secondary N) is 2. The number of sulfonamides is 1. The van der Waals surface area contributed by atoms with Gasteiger partial charge in [0, 0.05) is 30.6 Å². The van der Waals surface area contributed by atoms with Crippen LogP contribution in [0.2, 0.25) is 0 Å². The van der Waals surface area contributed by atoms with Gasteiger partial charge in [0.1, 0.15) is 5.75 Å². The van der Waals surface area contributed by atoms with E-state index in [2.05, 4.69) is 10.6 Å². The average molecular weight is 492 g/mol. The van der Waals surface area contributed by atoms with Gasteiger partial charge in [-0.2, -0.15) is 4.31 Å². The van der Waals surface area contributed by atoms with Crippen molar-refractivity contribution in [3.63, 3.8) is 0 Å². The molecule has 1 fully saturated rings. The Balaban J connectivity index is 1.46. The molecule has 1 aromatic heterocycles. The molecular formula is C23H29N3O5S2. The number of ether oxygens (including phenoxy) is 1. The molecule has 8 nitrogen and oxygen atoms in total. The van der Waals surface area contributed by atoms with Gasteiger partial charge in [-0.25, -0.2) is 8.42 Å². The number of aryl methyl sites for hydroxylation is 1. The topological polar surface area (TPSA) is 105 Å². The molecule has 178 valence electrons. The van der Waals surface area contributed by atoms with E-state index in [1.54, 1.807) is 24.3 Å². The fourth-order valence-corrected chi connectivity index (χ4v) is 6.71. The Bertz CT molecular complexity index is 1130. The van der Waals surface area contributed by atoms with Gasteiger partial charge in [-0.05, 0) is 55.7 Å². The minimum atomic E-state index is -3.82. The molecular weight excluding hydrogens is 462 g/mol.